The molecule has 1 aliphatic heterocycles. The van der Waals surface area contributed by atoms with Crippen LogP contribution in [0.5, 0.6) is 0 Å². The molecule has 1 heterocycles. The standard InChI is InChI=1S/C15H24N2O/c1-2-16-12-14-4-6-15(7-5-14)13-17-8-3-10-18-11-9-17/h4-7,16H,2-3,8-13H2,1H3. The number of hydrogen-bond donors (Lipinski definition) is 1. The zero-order valence-electron chi connectivity index (χ0n) is 11.3. The number of ether oxygens (including phenoxy) is 1. The van der Waals surface area contributed by atoms with E-state index in [2.05, 4.69) is 41.4 Å². The van der Waals surface area contributed by atoms with Crippen LogP contribution in [0.25, 0.3) is 0 Å². The fourth-order valence-electron chi connectivity index (χ4n) is 2.25. The Morgan fingerprint density at radius 3 is 2.67 bits per heavy atom. The molecule has 0 saturated carbocycles. The predicted octanol–water partition coefficient (Wildman–Crippen LogP) is 2.02. The first-order chi connectivity index (χ1) is 8.88. The van der Waals surface area contributed by atoms with Gasteiger partial charge in [-0.3, -0.25) is 4.90 Å². The molecule has 1 N–H and O–H groups in total. The molecule has 100 valence electrons. The van der Waals surface area contributed by atoms with Gasteiger partial charge in [0, 0.05) is 32.8 Å². The lowest BCUT2D eigenvalue weighted by atomic mass is 10.1. The third kappa shape index (κ3) is 4.41. The first-order valence-electron chi connectivity index (χ1n) is 6.97. The molecule has 18 heavy (non-hydrogen) atoms. The van der Waals surface area contributed by atoms with Gasteiger partial charge < -0.3 is 10.1 Å². The molecule has 0 aromatic heterocycles. The van der Waals surface area contributed by atoms with Crippen molar-refractivity contribution in [1.29, 1.82) is 0 Å². The topological polar surface area (TPSA) is 24.5 Å². The fourth-order valence-corrected chi connectivity index (χ4v) is 2.25. The quantitative estimate of drug-likeness (QED) is 0.863. The monoisotopic (exact) mass is 248 g/mol. The van der Waals surface area contributed by atoms with Crippen LogP contribution in [0.1, 0.15) is 24.5 Å². The van der Waals surface area contributed by atoms with Gasteiger partial charge >= 0.3 is 0 Å². The lowest BCUT2D eigenvalue weighted by Gasteiger charge is -2.19. The summed E-state index contributed by atoms with van der Waals surface area (Å²) in [6.45, 7) is 9.17. The normalized spacial score (nSPS) is 17.6. The van der Waals surface area contributed by atoms with Crippen molar-refractivity contribution in [3.05, 3.63) is 35.4 Å². The molecular weight excluding hydrogens is 224 g/mol. The van der Waals surface area contributed by atoms with Crippen molar-refractivity contribution in [2.24, 2.45) is 0 Å². The molecule has 1 fully saturated rings. The summed E-state index contributed by atoms with van der Waals surface area (Å²) in [6, 6.07) is 8.95. The van der Waals surface area contributed by atoms with E-state index in [0.717, 1.165) is 52.4 Å². The second kappa shape index (κ2) is 7.52. The molecule has 0 spiro atoms. The fraction of sp³-hybridized carbons (Fsp3) is 0.600. The highest BCUT2D eigenvalue weighted by molar-refractivity contribution is 5.22. The highest BCUT2D eigenvalue weighted by Gasteiger charge is 2.09. The van der Waals surface area contributed by atoms with Crippen molar-refractivity contribution in [2.45, 2.75) is 26.4 Å². The summed E-state index contributed by atoms with van der Waals surface area (Å²) in [4.78, 5) is 2.48. The zero-order valence-corrected chi connectivity index (χ0v) is 11.3. The van der Waals surface area contributed by atoms with Crippen molar-refractivity contribution < 1.29 is 4.74 Å². The first kappa shape index (κ1) is 13.5. The van der Waals surface area contributed by atoms with Gasteiger partial charge in [-0.25, -0.2) is 0 Å². The smallest absolute Gasteiger partial charge is 0.0593 e. The van der Waals surface area contributed by atoms with Crippen LogP contribution in [0.2, 0.25) is 0 Å². The molecule has 3 heteroatoms. The Balaban J connectivity index is 1.84. The highest BCUT2D eigenvalue weighted by Crippen LogP contribution is 2.09. The number of benzene rings is 1. The lowest BCUT2D eigenvalue weighted by Crippen LogP contribution is -2.25. The van der Waals surface area contributed by atoms with Crippen molar-refractivity contribution in [3.8, 4) is 0 Å². The summed E-state index contributed by atoms with van der Waals surface area (Å²) in [7, 11) is 0. The summed E-state index contributed by atoms with van der Waals surface area (Å²) < 4.78 is 5.48. The van der Waals surface area contributed by atoms with Gasteiger partial charge in [0.2, 0.25) is 0 Å². The molecule has 3 nitrogen and oxygen atoms in total. The maximum atomic E-state index is 5.48. The molecule has 1 saturated heterocycles. The van der Waals surface area contributed by atoms with Crippen LogP contribution in [0, 0.1) is 0 Å². The number of nitrogens with one attached hydrogen (secondary N) is 1. The third-order valence-corrected chi connectivity index (χ3v) is 3.32. The van der Waals surface area contributed by atoms with E-state index >= 15 is 0 Å². The summed E-state index contributed by atoms with van der Waals surface area (Å²) >= 11 is 0. The average molecular weight is 248 g/mol. The van der Waals surface area contributed by atoms with E-state index in [0.29, 0.717) is 0 Å². The minimum Gasteiger partial charge on any atom is -0.380 e. The molecule has 1 aromatic rings. The number of rotatable bonds is 5. The molecule has 0 bridgehead atoms. The van der Waals surface area contributed by atoms with Crippen LogP contribution in [0.15, 0.2) is 24.3 Å². The molecule has 0 aliphatic carbocycles. The van der Waals surface area contributed by atoms with Gasteiger partial charge in [0.25, 0.3) is 0 Å². The SMILES string of the molecule is CCNCc1ccc(CN2CCCOCC2)cc1. The van der Waals surface area contributed by atoms with E-state index in [1.165, 1.54) is 11.1 Å². The van der Waals surface area contributed by atoms with Gasteiger partial charge in [0.1, 0.15) is 0 Å². The average Bonchev–Trinajstić information content (AvgIpc) is 2.67. The summed E-state index contributed by atoms with van der Waals surface area (Å²) in [5.74, 6) is 0. The van der Waals surface area contributed by atoms with Gasteiger partial charge in [-0.2, -0.15) is 0 Å². The maximum absolute atomic E-state index is 5.48. The Bertz CT molecular complexity index is 329. The maximum Gasteiger partial charge on any atom is 0.0593 e. The van der Waals surface area contributed by atoms with E-state index in [9.17, 15) is 0 Å². The molecule has 1 aromatic carbocycles. The van der Waals surface area contributed by atoms with Crippen molar-refractivity contribution in [3.63, 3.8) is 0 Å². The molecule has 2 rings (SSSR count). The Morgan fingerprint density at radius 1 is 1.11 bits per heavy atom. The zero-order chi connectivity index (χ0) is 12.6. The second-order valence-electron chi connectivity index (χ2n) is 4.84. The van der Waals surface area contributed by atoms with Crippen LogP contribution < -0.4 is 5.32 Å². The van der Waals surface area contributed by atoms with E-state index in [1.807, 2.05) is 0 Å². The van der Waals surface area contributed by atoms with Gasteiger partial charge in [0.05, 0.1) is 6.61 Å². The van der Waals surface area contributed by atoms with Gasteiger partial charge in [-0.1, -0.05) is 31.2 Å². The Morgan fingerprint density at radius 2 is 1.89 bits per heavy atom. The predicted molar refractivity (Wildman–Crippen MR) is 74.5 cm³/mol. The van der Waals surface area contributed by atoms with E-state index in [4.69, 9.17) is 4.74 Å². The van der Waals surface area contributed by atoms with Crippen molar-refractivity contribution in [1.82, 2.24) is 10.2 Å². The second-order valence-corrected chi connectivity index (χ2v) is 4.84. The number of nitrogens with zero attached hydrogens (tertiary/aromatic N) is 1. The van der Waals surface area contributed by atoms with Crippen LogP contribution in [-0.2, 0) is 17.8 Å². The van der Waals surface area contributed by atoms with E-state index in [-0.39, 0.29) is 0 Å². The van der Waals surface area contributed by atoms with E-state index < -0.39 is 0 Å². The molecular formula is C15H24N2O. The summed E-state index contributed by atoms with van der Waals surface area (Å²) in [5, 5.41) is 3.35. The van der Waals surface area contributed by atoms with Crippen LogP contribution in [0.3, 0.4) is 0 Å². The van der Waals surface area contributed by atoms with Crippen LogP contribution in [0.4, 0.5) is 0 Å². The van der Waals surface area contributed by atoms with Gasteiger partial charge in [-0.05, 0) is 24.1 Å². The Labute approximate surface area is 110 Å². The van der Waals surface area contributed by atoms with Crippen LogP contribution in [-0.4, -0.2) is 37.7 Å². The Kier molecular flexibility index (Phi) is 5.65. The van der Waals surface area contributed by atoms with Crippen molar-refractivity contribution >= 4 is 0 Å². The largest absolute Gasteiger partial charge is 0.380 e. The minimum atomic E-state index is 0.874. The van der Waals surface area contributed by atoms with E-state index in [1.54, 1.807) is 0 Å². The first-order valence-corrected chi connectivity index (χ1v) is 6.97. The van der Waals surface area contributed by atoms with Gasteiger partial charge in [0.15, 0.2) is 0 Å². The van der Waals surface area contributed by atoms with Crippen molar-refractivity contribution in [2.75, 3.05) is 32.8 Å². The molecule has 0 amide bonds. The molecule has 1 aliphatic rings. The Hall–Kier alpha value is -0.900. The van der Waals surface area contributed by atoms with Gasteiger partial charge in [-0.15, -0.1) is 0 Å². The number of hydrogen-bond acceptors (Lipinski definition) is 3. The molecule has 0 atom stereocenters. The van der Waals surface area contributed by atoms with Crippen LogP contribution >= 0.6 is 0 Å². The third-order valence-electron chi connectivity index (χ3n) is 3.32. The molecule has 0 unspecified atom stereocenters. The lowest BCUT2D eigenvalue weighted by molar-refractivity contribution is 0.140. The highest BCUT2D eigenvalue weighted by atomic mass is 16.5. The molecule has 0 radical (unpaired) electrons. The minimum absolute atomic E-state index is 0.874. The summed E-state index contributed by atoms with van der Waals surface area (Å²) in [5.41, 5.74) is 2.76. The summed E-state index contributed by atoms with van der Waals surface area (Å²) in [6.07, 6.45) is 1.15.